The largest absolute Gasteiger partial charge is 0.737 e. The number of rotatable bonds is 1. The lowest BCUT2D eigenvalue weighted by atomic mass is 9.88. The number of halogens is 2. The van der Waals surface area contributed by atoms with Crippen LogP contribution in [-0.2, 0) is 0 Å². The Balaban J connectivity index is 2.07. The quantitative estimate of drug-likeness (QED) is 0.710. The van der Waals surface area contributed by atoms with Crippen molar-refractivity contribution in [3.8, 4) is 0 Å². The van der Waals surface area contributed by atoms with E-state index in [-0.39, 0.29) is 0 Å². The highest BCUT2D eigenvalue weighted by molar-refractivity contribution is 7.11. The summed E-state index contributed by atoms with van der Waals surface area (Å²) in [6, 6.07) is 5.49. The van der Waals surface area contributed by atoms with E-state index in [1.54, 1.807) is 35.6 Å². The highest BCUT2D eigenvalue weighted by atomic mass is 32.1. The summed E-state index contributed by atoms with van der Waals surface area (Å²) < 4.78 is 31.2. The molecule has 2 aliphatic heterocycles. The van der Waals surface area contributed by atoms with Gasteiger partial charge in [0.05, 0.1) is 5.57 Å². The minimum Gasteiger partial charge on any atom is -0.396 e. The molecule has 0 atom stereocenters. The van der Waals surface area contributed by atoms with E-state index in [4.69, 9.17) is 0 Å². The first-order valence-corrected chi connectivity index (χ1v) is 7.26. The maximum atomic E-state index is 14.5. The van der Waals surface area contributed by atoms with E-state index >= 15 is 0 Å². The van der Waals surface area contributed by atoms with Crippen molar-refractivity contribution >= 4 is 30.1 Å². The van der Waals surface area contributed by atoms with Crippen LogP contribution in [0.4, 0.5) is 8.63 Å². The summed E-state index contributed by atoms with van der Waals surface area (Å²) in [7, 11) is 0. The summed E-state index contributed by atoms with van der Waals surface area (Å²) in [5, 5.41) is 2.04. The second kappa shape index (κ2) is 3.79. The van der Waals surface area contributed by atoms with Gasteiger partial charge in [0.15, 0.2) is 5.70 Å². The molecule has 0 amide bonds. The zero-order valence-corrected chi connectivity index (χ0v) is 11.6. The highest BCUT2D eigenvalue weighted by Crippen LogP contribution is 2.40. The Hall–Kier alpha value is -1.95. The fourth-order valence-electron chi connectivity index (χ4n) is 2.83. The lowest BCUT2D eigenvalue weighted by molar-refractivity contribution is -0.356. The van der Waals surface area contributed by atoms with Crippen LogP contribution in [0.5, 0.6) is 0 Å². The maximum absolute atomic E-state index is 14.5. The first-order valence-electron chi connectivity index (χ1n) is 6.38. The van der Waals surface area contributed by atoms with Crippen molar-refractivity contribution in [1.29, 1.82) is 0 Å². The summed E-state index contributed by atoms with van der Waals surface area (Å²) in [6.45, 7) is -1.78. The fraction of sp³-hybridized carbons (Fsp3) is 0.0714. The normalized spacial score (nSPS) is 19.1. The molecule has 0 fully saturated rings. The standard InChI is InChI=1S/C14H11BF2N2S/c1-10-8-13(20-9-10)14-11-4-2-6-18(11)15(16,17)19-7-3-5-12(14)19/h2-9H,1H3. The van der Waals surface area contributed by atoms with Gasteiger partial charge in [0, 0.05) is 22.7 Å². The van der Waals surface area contributed by atoms with Crippen LogP contribution in [0.15, 0.2) is 47.6 Å². The SMILES string of the molecule is Cc1csc(C2=C3C=CC=[N+]3[B-](F)(F)n3cccc32)c1. The molecule has 0 unspecified atom stereocenters. The number of hydrogen-bond donors (Lipinski definition) is 0. The Kier molecular flexibility index (Phi) is 2.25. The second-order valence-corrected chi connectivity index (χ2v) is 5.96. The van der Waals surface area contributed by atoms with Gasteiger partial charge in [0.25, 0.3) is 0 Å². The van der Waals surface area contributed by atoms with Crippen molar-refractivity contribution in [2.24, 2.45) is 0 Å². The molecule has 20 heavy (non-hydrogen) atoms. The summed E-state index contributed by atoms with van der Waals surface area (Å²) in [5.74, 6) is 0. The van der Waals surface area contributed by atoms with Gasteiger partial charge in [-0.25, -0.2) is 0 Å². The third-order valence-corrected chi connectivity index (χ3v) is 4.78. The van der Waals surface area contributed by atoms with Crippen molar-refractivity contribution < 1.29 is 13.1 Å². The van der Waals surface area contributed by atoms with Crippen molar-refractivity contribution in [3.63, 3.8) is 0 Å². The maximum Gasteiger partial charge on any atom is 0.737 e. The van der Waals surface area contributed by atoms with E-state index in [9.17, 15) is 8.63 Å². The summed E-state index contributed by atoms with van der Waals surface area (Å²) in [6.07, 6.45) is 6.35. The predicted molar refractivity (Wildman–Crippen MR) is 78.3 cm³/mol. The van der Waals surface area contributed by atoms with Crippen molar-refractivity contribution in [2.75, 3.05) is 0 Å². The van der Waals surface area contributed by atoms with E-state index in [1.807, 2.05) is 18.4 Å². The summed E-state index contributed by atoms with van der Waals surface area (Å²) in [4.78, 5) is 1.02. The Morgan fingerprint density at radius 3 is 2.95 bits per heavy atom. The number of thiophene rings is 1. The lowest BCUT2D eigenvalue weighted by Gasteiger charge is -2.30. The van der Waals surface area contributed by atoms with Crippen LogP contribution in [0.1, 0.15) is 16.1 Å². The molecule has 0 bridgehead atoms. The fourth-order valence-corrected chi connectivity index (χ4v) is 3.80. The zero-order chi connectivity index (χ0) is 13.9. The Labute approximate surface area is 119 Å². The molecule has 0 spiro atoms. The van der Waals surface area contributed by atoms with Crippen LogP contribution in [0.3, 0.4) is 0 Å². The summed E-state index contributed by atoms with van der Waals surface area (Å²) >= 11 is 1.59. The van der Waals surface area contributed by atoms with Crippen molar-refractivity contribution in [3.05, 3.63) is 63.8 Å². The molecule has 0 N–H and O–H groups in total. The van der Waals surface area contributed by atoms with E-state index in [1.165, 1.54) is 12.4 Å². The molecular formula is C14H11BF2N2S. The topological polar surface area (TPSA) is 7.94 Å². The van der Waals surface area contributed by atoms with Gasteiger partial charge < -0.3 is 17.6 Å². The number of hydrogen-bond acceptors (Lipinski definition) is 1. The van der Waals surface area contributed by atoms with Gasteiger partial charge in [-0.3, -0.25) is 0 Å². The van der Waals surface area contributed by atoms with Crippen LogP contribution in [0.25, 0.3) is 5.57 Å². The smallest absolute Gasteiger partial charge is 0.396 e. The Bertz CT molecular complexity index is 811. The zero-order valence-electron chi connectivity index (χ0n) is 10.8. The van der Waals surface area contributed by atoms with Gasteiger partial charge in [-0.2, -0.15) is 0 Å². The van der Waals surface area contributed by atoms with Gasteiger partial charge in [0.2, 0.25) is 0 Å². The predicted octanol–water partition coefficient (Wildman–Crippen LogP) is 3.51. The molecule has 0 saturated heterocycles. The summed E-state index contributed by atoms with van der Waals surface area (Å²) in [5.41, 5.74) is 3.20. The van der Waals surface area contributed by atoms with Gasteiger partial charge in [0.1, 0.15) is 6.21 Å². The number of aryl methyl sites for hydroxylation is 1. The molecule has 4 rings (SSSR count). The molecule has 0 radical (unpaired) electrons. The molecule has 4 heterocycles. The number of aromatic nitrogens is 1. The molecule has 2 aliphatic rings. The molecule has 6 heteroatoms. The molecular weight excluding hydrogens is 277 g/mol. The molecule has 2 nitrogen and oxygen atoms in total. The van der Waals surface area contributed by atoms with Crippen LogP contribution in [0.2, 0.25) is 0 Å². The number of nitrogens with zero attached hydrogens (tertiary/aromatic N) is 2. The Morgan fingerprint density at radius 1 is 1.35 bits per heavy atom. The second-order valence-electron chi connectivity index (χ2n) is 5.05. The molecule has 2 aromatic rings. The average molecular weight is 288 g/mol. The van der Waals surface area contributed by atoms with Crippen LogP contribution in [-0.4, -0.2) is 22.1 Å². The first-order chi connectivity index (χ1) is 9.59. The van der Waals surface area contributed by atoms with Crippen molar-refractivity contribution in [2.45, 2.75) is 6.92 Å². The van der Waals surface area contributed by atoms with Gasteiger partial charge in [-0.15, -0.1) is 11.3 Å². The van der Waals surface area contributed by atoms with Crippen LogP contribution >= 0.6 is 11.3 Å². The van der Waals surface area contributed by atoms with E-state index in [0.29, 0.717) is 11.4 Å². The third-order valence-electron chi connectivity index (χ3n) is 3.72. The van der Waals surface area contributed by atoms with Crippen molar-refractivity contribution in [1.82, 2.24) is 4.48 Å². The number of fused-ring (bicyclic) bond motifs is 2. The molecule has 0 aliphatic carbocycles. The van der Waals surface area contributed by atoms with E-state index in [0.717, 1.165) is 25.0 Å². The van der Waals surface area contributed by atoms with E-state index in [2.05, 4.69) is 0 Å². The molecule has 100 valence electrons. The molecule has 0 aromatic carbocycles. The van der Waals surface area contributed by atoms with Crippen LogP contribution < -0.4 is 0 Å². The average Bonchev–Trinajstić information content (AvgIpc) is 3.09. The monoisotopic (exact) mass is 288 g/mol. The third kappa shape index (κ3) is 1.40. The first kappa shape index (κ1) is 11.8. The molecule has 2 aromatic heterocycles. The van der Waals surface area contributed by atoms with Gasteiger partial charge >= 0.3 is 6.97 Å². The van der Waals surface area contributed by atoms with Gasteiger partial charge in [-0.1, -0.05) is 0 Å². The lowest BCUT2D eigenvalue weighted by Crippen LogP contribution is -2.49. The minimum absolute atomic E-state index is 0.586. The molecule has 0 saturated carbocycles. The minimum atomic E-state index is -3.79. The number of allylic oxidation sites excluding steroid dienone is 2. The van der Waals surface area contributed by atoms with Crippen LogP contribution in [0, 0.1) is 6.92 Å². The Morgan fingerprint density at radius 2 is 2.20 bits per heavy atom. The van der Waals surface area contributed by atoms with E-state index < -0.39 is 6.97 Å². The van der Waals surface area contributed by atoms with Gasteiger partial charge in [-0.05, 0) is 42.3 Å². The highest BCUT2D eigenvalue weighted by Gasteiger charge is 2.51.